The van der Waals surface area contributed by atoms with Gasteiger partial charge in [0.15, 0.2) is 62.2 Å². The average molecular weight is 322 g/mol. The minimum atomic E-state index is -0.302. The third-order valence-electron chi connectivity index (χ3n) is 4.22. The van der Waals surface area contributed by atoms with E-state index >= 15 is 0 Å². The Kier molecular flexibility index (Phi) is 5.29. The third kappa shape index (κ3) is 4.24. The average Bonchev–Trinajstić information content (AvgIpc) is 2.64. The molecule has 0 bridgehead atoms. The summed E-state index contributed by atoms with van der Waals surface area (Å²) in [6, 6.07) is 18.2. The summed E-state index contributed by atoms with van der Waals surface area (Å²) in [5, 5.41) is 10.3. The molecule has 3 rings (SSSR count). The molecule has 0 saturated carbocycles. The van der Waals surface area contributed by atoms with Gasteiger partial charge in [-0.15, -0.1) is 0 Å². The molecule has 4 nitrogen and oxygen atoms in total. The number of aliphatic hydroxyl groups excluding tert-OH is 1. The number of hydrogen-bond donors (Lipinski definition) is 1. The van der Waals surface area contributed by atoms with E-state index in [-0.39, 0.29) is 12.0 Å². The molecule has 3 aromatic rings. The summed E-state index contributed by atoms with van der Waals surface area (Å²) >= 11 is 0. The van der Waals surface area contributed by atoms with Crippen LogP contribution in [0.2, 0.25) is 0 Å². The van der Waals surface area contributed by atoms with Gasteiger partial charge < -0.3 is 5.11 Å². The van der Waals surface area contributed by atoms with E-state index in [1.807, 2.05) is 54.6 Å². The lowest BCUT2D eigenvalue weighted by Gasteiger charge is -2.22. The zero-order valence-corrected chi connectivity index (χ0v) is 13.8. The van der Waals surface area contributed by atoms with E-state index in [0.717, 1.165) is 19.6 Å². The first kappa shape index (κ1) is 16.3. The SMILES string of the molecule is OCC(C[n+]1ccccc1)(C[n+]1ccccc1)C[n+]1ccccc1. The van der Waals surface area contributed by atoms with Gasteiger partial charge in [0.25, 0.3) is 0 Å². The van der Waals surface area contributed by atoms with E-state index in [4.69, 9.17) is 0 Å². The van der Waals surface area contributed by atoms with Crippen molar-refractivity contribution in [2.24, 2.45) is 5.41 Å². The second kappa shape index (κ2) is 7.79. The molecular formula is C20H24N3O+3. The van der Waals surface area contributed by atoms with Gasteiger partial charge >= 0.3 is 0 Å². The van der Waals surface area contributed by atoms with Gasteiger partial charge in [-0.25, -0.2) is 13.7 Å². The number of aromatic nitrogens is 3. The van der Waals surface area contributed by atoms with Crippen LogP contribution in [0.4, 0.5) is 0 Å². The molecule has 0 unspecified atom stereocenters. The summed E-state index contributed by atoms with van der Waals surface area (Å²) in [4.78, 5) is 0. The van der Waals surface area contributed by atoms with Gasteiger partial charge in [-0.1, -0.05) is 18.2 Å². The van der Waals surface area contributed by atoms with Gasteiger partial charge in [0.1, 0.15) is 0 Å². The molecule has 3 aromatic heterocycles. The fourth-order valence-electron chi connectivity index (χ4n) is 3.08. The Morgan fingerprint density at radius 1 is 0.500 bits per heavy atom. The molecule has 0 spiro atoms. The molecule has 0 radical (unpaired) electrons. The van der Waals surface area contributed by atoms with Gasteiger partial charge in [-0.2, -0.15) is 0 Å². The lowest BCUT2D eigenvalue weighted by Crippen LogP contribution is -2.58. The van der Waals surface area contributed by atoms with Gasteiger partial charge in [0.05, 0.1) is 6.61 Å². The number of aliphatic hydroxyl groups is 1. The van der Waals surface area contributed by atoms with Crippen molar-refractivity contribution in [3.8, 4) is 0 Å². The zero-order valence-electron chi connectivity index (χ0n) is 13.8. The maximum absolute atomic E-state index is 10.3. The molecule has 0 aliphatic carbocycles. The molecular weight excluding hydrogens is 298 g/mol. The minimum Gasteiger partial charge on any atom is -0.395 e. The molecule has 0 saturated heterocycles. The van der Waals surface area contributed by atoms with Crippen LogP contribution in [0, 0.1) is 5.41 Å². The Labute approximate surface area is 142 Å². The largest absolute Gasteiger partial charge is 0.395 e. The number of rotatable bonds is 7. The molecule has 3 heterocycles. The van der Waals surface area contributed by atoms with Crippen LogP contribution in [0.5, 0.6) is 0 Å². The fourth-order valence-corrected chi connectivity index (χ4v) is 3.08. The van der Waals surface area contributed by atoms with Crippen LogP contribution in [-0.2, 0) is 19.6 Å². The number of pyridine rings is 3. The van der Waals surface area contributed by atoms with Gasteiger partial charge in [-0.3, -0.25) is 0 Å². The van der Waals surface area contributed by atoms with E-state index in [1.54, 1.807) is 0 Å². The summed E-state index contributed by atoms with van der Waals surface area (Å²) in [5.41, 5.74) is -0.302. The highest BCUT2D eigenvalue weighted by atomic mass is 16.3. The van der Waals surface area contributed by atoms with Gasteiger partial charge in [-0.05, 0) is 0 Å². The van der Waals surface area contributed by atoms with Crippen LogP contribution in [0.25, 0.3) is 0 Å². The molecule has 24 heavy (non-hydrogen) atoms. The standard InChI is InChI=1S/C20H24N3O/c24-19-20(16-21-10-4-1-5-11-21,17-22-12-6-2-7-13-22)18-23-14-8-3-9-15-23/h1-15,24H,16-19H2/q+3. The molecule has 122 valence electrons. The Morgan fingerprint density at radius 3 is 1.04 bits per heavy atom. The number of hydrogen-bond acceptors (Lipinski definition) is 1. The summed E-state index contributed by atoms with van der Waals surface area (Å²) in [5.74, 6) is 0. The number of nitrogens with zero attached hydrogens (tertiary/aromatic N) is 3. The predicted molar refractivity (Wildman–Crippen MR) is 89.4 cm³/mol. The van der Waals surface area contributed by atoms with Crippen LogP contribution in [0.1, 0.15) is 0 Å². The first-order valence-electron chi connectivity index (χ1n) is 8.23. The Morgan fingerprint density at radius 2 is 0.792 bits per heavy atom. The molecule has 4 heteroatoms. The van der Waals surface area contributed by atoms with Crippen LogP contribution in [-0.4, -0.2) is 11.7 Å². The van der Waals surface area contributed by atoms with E-state index in [0.29, 0.717) is 0 Å². The maximum atomic E-state index is 10.3. The van der Waals surface area contributed by atoms with Crippen molar-refractivity contribution in [3.63, 3.8) is 0 Å². The van der Waals surface area contributed by atoms with Crippen molar-refractivity contribution in [2.45, 2.75) is 19.6 Å². The first-order valence-corrected chi connectivity index (χ1v) is 8.23. The highest BCUT2D eigenvalue weighted by molar-refractivity contribution is 4.86. The Balaban J connectivity index is 1.91. The van der Waals surface area contributed by atoms with Crippen LogP contribution in [0.3, 0.4) is 0 Å². The predicted octanol–water partition coefficient (Wildman–Crippen LogP) is 0.928. The molecule has 0 aromatic carbocycles. The van der Waals surface area contributed by atoms with Gasteiger partial charge in [0.2, 0.25) is 0 Å². The molecule has 0 atom stereocenters. The van der Waals surface area contributed by atoms with Crippen molar-refractivity contribution < 1.29 is 18.8 Å². The van der Waals surface area contributed by atoms with Crippen molar-refractivity contribution in [2.75, 3.05) is 6.61 Å². The molecule has 0 fully saturated rings. The van der Waals surface area contributed by atoms with E-state index in [9.17, 15) is 5.11 Å². The van der Waals surface area contributed by atoms with Crippen LogP contribution < -0.4 is 13.7 Å². The lowest BCUT2D eigenvalue weighted by atomic mass is 9.87. The van der Waals surface area contributed by atoms with Crippen molar-refractivity contribution in [1.82, 2.24) is 0 Å². The Hall–Kier alpha value is -2.59. The monoisotopic (exact) mass is 322 g/mol. The zero-order chi connectivity index (χ0) is 16.7. The van der Waals surface area contributed by atoms with Crippen molar-refractivity contribution in [1.29, 1.82) is 0 Å². The van der Waals surface area contributed by atoms with Crippen LogP contribution in [0.15, 0.2) is 91.8 Å². The van der Waals surface area contributed by atoms with E-state index < -0.39 is 0 Å². The summed E-state index contributed by atoms with van der Waals surface area (Å²) in [7, 11) is 0. The smallest absolute Gasteiger partial charge is 0.169 e. The first-order chi connectivity index (χ1) is 11.8. The summed E-state index contributed by atoms with van der Waals surface area (Å²) in [6.07, 6.45) is 12.3. The highest BCUT2D eigenvalue weighted by Crippen LogP contribution is 2.18. The van der Waals surface area contributed by atoms with E-state index in [1.165, 1.54) is 0 Å². The normalized spacial score (nSPS) is 11.4. The van der Waals surface area contributed by atoms with E-state index in [2.05, 4.69) is 50.9 Å². The summed E-state index contributed by atoms with van der Waals surface area (Å²) in [6.45, 7) is 2.34. The Bertz CT molecular complexity index is 631. The molecule has 0 amide bonds. The van der Waals surface area contributed by atoms with Crippen molar-refractivity contribution >= 4 is 0 Å². The fraction of sp³-hybridized carbons (Fsp3) is 0.250. The molecule has 1 N–H and O–H groups in total. The van der Waals surface area contributed by atoms with Crippen LogP contribution >= 0.6 is 0 Å². The lowest BCUT2D eigenvalue weighted by molar-refractivity contribution is -0.784. The maximum Gasteiger partial charge on any atom is 0.169 e. The quantitative estimate of drug-likeness (QED) is 0.645. The third-order valence-corrected chi connectivity index (χ3v) is 4.22. The second-order valence-corrected chi connectivity index (χ2v) is 6.30. The van der Waals surface area contributed by atoms with Gasteiger partial charge in [0, 0.05) is 36.4 Å². The second-order valence-electron chi connectivity index (χ2n) is 6.30. The van der Waals surface area contributed by atoms with Crippen molar-refractivity contribution in [3.05, 3.63) is 91.8 Å². The minimum absolute atomic E-state index is 0.110. The highest BCUT2D eigenvalue weighted by Gasteiger charge is 2.42. The summed E-state index contributed by atoms with van der Waals surface area (Å²) < 4.78 is 6.43. The molecule has 0 aliphatic heterocycles. The molecule has 0 aliphatic rings. The topological polar surface area (TPSA) is 31.9 Å².